The molecule has 2 rings (SSSR count). The molecule has 2 nitrogen and oxygen atoms in total. The Kier molecular flexibility index (Phi) is 4.66. The molecular formula is C14H27NO. The van der Waals surface area contributed by atoms with Crippen molar-refractivity contribution in [2.45, 2.75) is 51.9 Å². The van der Waals surface area contributed by atoms with Crippen molar-refractivity contribution < 1.29 is 4.74 Å². The molecule has 2 aliphatic rings. The van der Waals surface area contributed by atoms with Gasteiger partial charge in [-0.2, -0.15) is 0 Å². The molecule has 94 valence electrons. The van der Waals surface area contributed by atoms with Crippen molar-refractivity contribution >= 4 is 0 Å². The van der Waals surface area contributed by atoms with Gasteiger partial charge in [0.15, 0.2) is 0 Å². The van der Waals surface area contributed by atoms with E-state index in [4.69, 9.17) is 4.74 Å². The number of rotatable bonds is 4. The quantitative estimate of drug-likeness (QED) is 0.794. The number of hydrogen-bond acceptors (Lipinski definition) is 2. The fourth-order valence-electron chi connectivity index (χ4n) is 3.60. The van der Waals surface area contributed by atoms with Gasteiger partial charge in [0.25, 0.3) is 0 Å². The zero-order chi connectivity index (χ0) is 11.3. The van der Waals surface area contributed by atoms with Crippen LogP contribution in [0.2, 0.25) is 0 Å². The summed E-state index contributed by atoms with van der Waals surface area (Å²) in [6.45, 7) is 6.52. The average Bonchev–Trinajstić information content (AvgIpc) is 2.38. The lowest BCUT2D eigenvalue weighted by Gasteiger charge is -2.45. The molecule has 0 atom stereocenters. The third-order valence-electron chi connectivity index (χ3n) is 4.69. The molecule has 0 spiro atoms. The highest BCUT2D eigenvalue weighted by atomic mass is 16.5. The Balaban J connectivity index is 1.99. The molecule has 2 fully saturated rings. The van der Waals surface area contributed by atoms with Crippen LogP contribution in [0.25, 0.3) is 0 Å². The lowest BCUT2D eigenvalue weighted by atomic mass is 9.64. The predicted molar refractivity (Wildman–Crippen MR) is 67.6 cm³/mol. The summed E-state index contributed by atoms with van der Waals surface area (Å²) < 4.78 is 5.57. The van der Waals surface area contributed by atoms with E-state index in [1.165, 1.54) is 51.5 Å². The van der Waals surface area contributed by atoms with Crippen molar-refractivity contribution in [1.82, 2.24) is 5.32 Å². The first-order chi connectivity index (χ1) is 7.87. The fraction of sp³-hybridized carbons (Fsp3) is 1.00. The second-order valence-corrected chi connectivity index (χ2v) is 5.59. The van der Waals surface area contributed by atoms with E-state index in [2.05, 4.69) is 12.2 Å². The van der Waals surface area contributed by atoms with Crippen molar-refractivity contribution in [3.8, 4) is 0 Å². The normalized spacial score (nSPS) is 26.8. The molecule has 0 aromatic rings. The van der Waals surface area contributed by atoms with Crippen LogP contribution >= 0.6 is 0 Å². The zero-order valence-corrected chi connectivity index (χ0v) is 10.8. The summed E-state index contributed by atoms with van der Waals surface area (Å²) in [6, 6.07) is 0. The van der Waals surface area contributed by atoms with Crippen LogP contribution in [0.1, 0.15) is 51.9 Å². The van der Waals surface area contributed by atoms with Crippen molar-refractivity contribution in [2.75, 3.05) is 26.3 Å². The van der Waals surface area contributed by atoms with E-state index in [0.29, 0.717) is 5.41 Å². The minimum Gasteiger partial charge on any atom is -0.381 e. The van der Waals surface area contributed by atoms with Gasteiger partial charge in [-0.1, -0.05) is 26.2 Å². The van der Waals surface area contributed by atoms with E-state index in [9.17, 15) is 0 Å². The van der Waals surface area contributed by atoms with Crippen LogP contribution in [0.15, 0.2) is 0 Å². The molecule has 2 heteroatoms. The molecule has 1 saturated carbocycles. The van der Waals surface area contributed by atoms with E-state index in [1.807, 2.05) is 0 Å². The summed E-state index contributed by atoms with van der Waals surface area (Å²) in [4.78, 5) is 0. The standard InChI is InChI=1S/C14H27NO/c1-2-15-12-14(8-10-16-11-9-14)13-6-4-3-5-7-13/h13,15H,2-12H2,1H3. The molecule has 0 bridgehead atoms. The minimum absolute atomic E-state index is 0.564. The number of nitrogens with one attached hydrogen (secondary N) is 1. The highest BCUT2D eigenvalue weighted by molar-refractivity contribution is 4.91. The van der Waals surface area contributed by atoms with Gasteiger partial charge in [-0.05, 0) is 43.6 Å². The maximum atomic E-state index is 5.57. The maximum Gasteiger partial charge on any atom is 0.0471 e. The van der Waals surface area contributed by atoms with Gasteiger partial charge >= 0.3 is 0 Å². The first kappa shape index (κ1) is 12.4. The molecule has 0 amide bonds. The Bertz CT molecular complexity index is 193. The predicted octanol–water partition coefficient (Wildman–Crippen LogP) is 2.97. The Morgan fingerprint density at radius 1 is 1.12 bits per heavy atom. The smallest absolute Gasteiger partial charge is 0.0471 e. The summed E-state index contributed by atoms with van der Waals surface area (Å²) in [5, 5.41) is 3.60. The summed E-state index contributed by atoms with van der Waals surface area (Å²) in [6.07, 6.45) is 9.87. The zero-order valence-electron chi connectivity index (χ0n) is 10.8. The van der Waals surface area contributed by atoms with Gasteiger partial charge in [0.2, 0.25) is 0 Å². The molecule has 0 unspecified atom stereocenters. The van der Waals surface area contributed by atoms with Gasteiger partial charge in [-0.3, -0.25) is 0 Å². The van der Waals surface area contributed by atoms with Crippen LogP contribution in [-0.4, -0.2) is 26.3 Å². The Hall–Kier alpha value is -0.0800. The van der Waals surface area contributed by atoms with E-state index >= 15 is 0 Å². The molecular weight excluding hydrogens is 198 g/mol. The van der Waals surface area contributed by atoms with Crippen LogP contribution in [0, 0.1) is 11.3 Å². The van der Waals surface area contributed by atoms with Gasteiger partial charge in [0.1, 0.15) is 0 Å². The second kappa shape index (κ2) is 6.02. The third-order valence-corrected chi connectivity index (χ3v) is 4.69. The molecule has 1 aliphatic carbocycles. The Morgan fingerprint density at radius 3 is 2.44 bits per heavy atom. The largest absolute Gasteiger partial charge is 0.381 e. The molecule has 1 N–H and O–H groups in total. The van der Waals surface area contributed by atoms with Crippen molar-refractivity contribution in [1.29, 1.82) is 0 Å². The fourth-order valence-corrected chi connectivity index (χ4v) is 3.60. The van der Waals surface area contributed by atoms with Crippen molar-refractivity contribution in [2.24, 2.45) is 11.3 Å². The SMILES string of the molecule is CCNCC1(C2CCCCC2)CCOCC1. The monoisotopic (exact) mass is 225 g/mol. The average molecular weight is 225 g/mol. The summed E-state index contributed by atoms with van der Waals surface area (Å²) in [5.41, 5.74) is 0.564. The number of hydrogen-bond donors (Lipinski definition) is 1. The first-order valence-corrected chi connectivity index (χ1v) is 7.16. The van der Waals surface area contributed by atoms with E-state index < -0.39 is 0 Å². The molecule has 0 radical (unpaired) electrons. The summed E-state index contributed by atoms with van der Waals surface area (Å²) in [7, 11) is 0. The molecule has 1 saturated heterocycles. The topological polar surface area (TPSA) is 21.3 Å². The van der Waals surface area contributed by atoms with E-state index in [-0.39, 0.29) is 0 Å². The first-order valence-electron chi connectivity index (χ1n) is 7.16. The Morgan fingerprint density at radius 2 is 1.81 bits per heavy atom. The molecule has 1 heterocycles. The van der Waals surface area contributed by atoms with Gasteiger partial charge in [0, 0.05) is 19.8 Å². The maximum absolute atomic E-state index is 5.57. The second-order valence-electron chi connectivity index (χ2n) is 5.59. The highest BCUT2D eigenvalue weighted by Gasteiger charge is 2.39. The minimum atomic E-state index is 0.564. The molecule has 0 aromatic heterocycles. The molecule has 16 heavy (non-hydrogen) atoms. The van der Waals surface area contributed by atoms with Crippen LogP contribution in [0.3, 0.4) is 0 Å². The summed E-state index contributed by atoms with van der Waals surface area (Å²) in [5.74, 6) is 0.962. The van der Waals surface area contributed by atoms with Crippen LogP contribution in [-0.2, 0) is 4.74 Å². The lowest BCUT2D eigenvalue weighted by molar-refractivity contribution is -0.0276. The van der Waals surface area contributed by atoms with Gasteiger partial charge in [0.05, 0.1) is 0 Å². The van der Waals surface area contributed by atoms with Gasteiger partial charge in [-0.15, -0.1) is 0 Å². The van der Waals surface area contributed by atoms with Crippen LogP contribution in [0.4, 0.5) is 0 Å². The Labute approximate surface area is 100 Å². The van der Waals surface area contributed by atoms with Crippen molar-refractivity contribution in [3.63, 3.8) is 0 Å². The van der Waals surface area contributed by atoms with Gasteiger partial charge in [-0.25, -0.2) is 0 Å². The van der Waals surface area contributed by atoms with E-state index in [0.717, 1.165) is 25.7 Å². The molecule has 1 aliphatic heterocycles. The van der Waals surface area contributed by atoms with E-state index in [1.54, 1.807) is 0 Å². The third kappa shape index (κ3) is 2.78. The number of ether oxygens (including phenoxy) is 1. The van der Waals surface area contributed by atoms with Crippen molar-refractivity contribution in [3.05, 3.63) is 0 Å². The lowest BCUT2D eigenvalue weighted by Crippen LogP contribution is -2.45. The van der Waals surface area contributed by atoms with Gasteiger partial charge < -0.3 is 10.1 Å². The summed E-state index contributed by atoms with van der Waals surface area (Å²) >= 11 is 0. The van der Waals surface area contributed by atoms with Crippen LogP contribution < -0.4 is 5.32 Å². The van der Waals surface area contributed by atoms with Crippen LogP contribution in [0.5, 0.6) is 0 Å². The highest BCUT2D eigenvalue weighted by Crippen LogP contribution is 2.44. The molecule has 0 aromatic carbocycles.